The van der Waals surface area contributed by atoms with Crippen molar-refractivity contribution in [2.24, 2.45) is 0 Å². The molecule has 1 saturated heterocycles. The number of rotatable bonds is 1. The molecule has 1 atom stereocenters. The number of carbonyl (C=O) groups excluding carboxylic acids is 1. The summed E-state index contributed by atoms with van der Waals surface area (Å²) in [4.78, 5) is 9.74. The van der Waals surface area contributed by atoms with Crippen LogP contribution < -0.4 is 0 Å². The van der Waals surface area contributed by atoms with Gasteiger partial charge in [0.1, 0.15) is 0 Å². The molecule has 0 bridgehead atoms. The number of carbonyl (C=O) groups is 1. The lowest BCUT2D eigenvalue weighted by Crippen LogP contribution is -1.92. The zero-order valence-electron chi connectivity index (χ0n) is 3.05. The molecular formula is C3H4O3. The minimum atomic E-state index is -0.481. The Balaban J connectivity index is 2.26. The van der Waals surface area contributed by atoms with Crippen LogP contribution in [0.15, 0.2) is 0 Å². The molecule has 1 rings (SSSR count). The highest BCUT2D eigenvalue weighted by Gasteiger charge is 2.36. The maximum atomic E-state index is 9.74. The average molecular weight is 88.1 g/mol. The molecule has 1 unspecified atom stereocenters. The number of ether oxygens (including phenoxy) is 1. The second-order valence-electron chi connectivity index (χ2n) is 1.11. The molecule has 3 heteroatoms. The van der Waals surface area contributed by atoms with Crippen molar-refractivity contribution in [3.8, 4) is 0 Å². The summed E-state index contributed by atoms with van der Waals surface area (Å²) in [5.41, 5.74) is 0. The zero-order valence-corrected chi connectivity index (χ0v) is 3.05. The SMILES string of the molecule is O=C1OC1CO. The average Bonchev–Trinajstić information content (AvgIpc) is 2.19. The largest absolute Gasteiger partial charge is 0.445 e. The quantitative estimate of drug-likeness (QED) is 0.414. The number of aliphatic hydroxyl groups is 1. The maximum Gasteiger partial charge on any atom is 0.350 e. The summed E-state index contributed by atoms with van der Waals surface area (Å²) < 4.78 is 4.18. The first-order valence-corrected chi connectivity index (χ1v) is 1.66. The van der Waals surface area contributed by atoms with Gasteiger partial charge in [-0.1, -0.05) is 0 Å². The van der Waals surface area contributed by atoms with Crippen LogP contribution in [-0.4, -0.2) is 23.8 Å². The van der Waals surface area contributed by atoms with E-state index in [1.54, 1.807) is 0 Å². The molecular weight excluding hydrogens is 84.0 g/mol. The Labute approximate surface area is 34.5 Å². The lowest BCUT2D eigenvalue weighted by Gasteiger charge is -1.67. The van der Waals surface area contributed by atoms with Crippen LogP contribution in [0.3, 0.4) is 0 Å². The van der Waals surface area contributed by atoms with Gasteiger partial charge in [-0.25, -0.2) is 4.79 Å². The summed E-state index contributed by atoms with van der Waals surface area (Å²) in [6, 6.07) is 0. The van der Waals surface area contributed by atoms with Gasteiger partial charge in [0.15, 0.2) is 0 Å². The second-order valence-corrected chi connectivity index (χ2v) is 1.11. The Kier molecular flexibility index (Phi) is 0.569. The molecule has 0 aromatic rings. The van der Waals surface area contributed by atoms with Crippen LogP contribution in [0.5, 0.6) is 0 Å². The topological polar surface area (TPSA) is 49.8 Å². The van der Waals surface area contributed by atoms with Crippen molar-refractivity contribution < 1.29 is 14.6 Å². The van der Waals surface area contributed by atoms with Gasteiger partial charge in [-0.05, 0) is 0 Å². The molecule has 1 fully saturated rings. The third kappa shape index (κ3) is 0.367. The Morgan fingerprint density at radius 3 is 2.50 bits per heavy atom. The number of aliphatic hydroxyl groups excluding tert-OH is 1. The molecule has 0 spiro atoms. The van der Waals surface area contributed by atoms with Gasteiger partial charge in [-0.15, -0.1) is 0 Å². The van der Waals surface area contributed by atoms with E-state index >= 15 is 0 Å². The van der Waals surface area contributed by atoms with Crippen LogP contribution in [0.25, 0.3) is 0 Å². The van der Waals surface area contributed by atoms with Crippen molar-refractivity contribution in [1.29, 1.82) is 0 Å². The molecule has 0 saturated carbocycles. The molecule has 1 aliphatic rings. The highest BCUT2D eigenvalue weighted by molar-refractivity contribution is 5.87. The van der Waals surface area contributed by atoms with E-state index in [1.807, 2.05) is 0 Å². The molecule has 0 radical (unpaired) electrons. The predicted octanol–water partition coefficient (Wildman–Crippen LogP) is -1.10. The highest BCUT2D eigenvalue weighted by Crippen LogP contribution is 2.08. The van der Waals surface area contributed by atoms with Crippen molar-refractivity contribution in [3.63, 3.8) is 0 Å². The van der Waals surface area contributed by atoms with Crippen LogP contribution in [0.4, 0.5) is 0 Å². The highest BCUT2D eigenvalue weighted by atomic mass is 16.6. The fourth-order valence-electron chi connectivity index (χ4n) is 0.218. The van der Waals surface area contributed by atoms with Gasteiger partial charge >= 0.3 is 5.97 Å². The molecule has 1 heterocycles. The van der Waals surface area contributed by atoms with Crippen molar-refractivity contribution in [1.82, 2.24) is 0 Å². The summed E-state index contributed by atoms with van der Waals surface area (Å²) in [6.07, 6.45) is -0.481. The van der Waals surface area contributed by atoms with Crippen LogP contribution in [0.2, 0.25) is 0 Å². The Morgan fingerprint density at radius 2 is 2.50 bits per heavy atom. The summed E-state index contributed by atoms with van der Waals surface area (Å²) in [7, 11) is 0. The minimum Gasteiger partial charge on any atom is -0.445 e. The predicted molar refractivity (Wildman–Crippen MR) is 17.0 cm³/mol. The van der Waals surface area contributed by atoms with Gasteiger partial charge < -0.3 is 9.84 Å². The monoisotopic (exact) mass is 88.0 g/mol. The van der Waals surface area contributed by atoms with Gasteiger partial charge in [-0.3, -0.25) is 0 Å². The fourth-order valence-corrected chi connectivity index (χ4v) is 0.218. The van der Waals surface area contributed by atoms with Gasteiger partial charge in [0.05, 0.1) is 6.61 Å². The van der Waals surface area contributed by atoms with Gasteiger partial charge in [0.2, 0.25) is 6.10 Å². The molecule has 0 aliphatic carbocycles. The Bertz CT molecular complexity index is 78.1. The van der Waals surface area contributed by atoms with Gasteiger partial charge in [0, 0.05) is 0 Å². The third-order valence-electron chi connectivity index (χ3n) is 0.630. The van der Waals surface area contributed by atoms with Crippen LogP contribution >= 0.6 is 0 Å². The molecule has 0 aromatic carbocycles. The standard InChI is InChI=1S/C3H4O3/c4-1-2-3(5)6-2/h2,4H,1H2. The first-order chi connectivity index (χ1) is 2.84. The Hall–Kier alpha value is -0.570. The number of epoxide rings is 1. The maximum absolute atomic E-state index is 9.74. The van der Waals surface area contributed by atoms with E-state index in [2.05, 4.69) is 4.74 Å². The van der Waals surface area contributed by atoms with E-state index in [-0.39, 0.29) is 12.6 Å². The molecule has 3 nitrogen and oxygen atoms in total. The summed E-state index contributed by atoms with van der Waals surface area (Å²) in [5, 5.41) is 8.03. The summed E-state index contributed by atoms with van der Waals surface area (Å²) in [5.74, 6) is -0.294. The van der Waals surface area contributed by atoms with E-state index in [1.165, 1.54) is 0 Å². The zero-order chi connectivity index (χ0) is 4.57. The molecule has 34 valence electrons. The third-order valence-corrected chi connectivity index (χ3v) is 0.630. The van der Waals surface area contributed by atoms with E-state index in [9.17, 15) is 4.79 Å². The molecule has 0 aromatic heterocycles. The molecule has 6 heavy (non-hydrogen) atoms. The van der Waals surface area contributed by atoms with Gasteiger partial charge in [0.25, 0.3) is 0 Å². The number of hydrogen-bond acceptors (Lipinski definition) is 3. The fraction of sp³-hybridized carbons (Fsp3) is 0.667. The van der Waals surface area contributed by atoms with Crippen LogP contribution in [0, 0.1) is 0 Å². The lowest BCUT2D eigenvalue weighted by atomic mass is 10.5. The first kappa shape index (κ1) is 3.61. The second kappa shape index (κ2) is 0.944. The molecule has 1 aliphatic heterocycles. The molecule has 0 amide bonds. The van der Waals surface area contributed by atoms with Crippen LogP contribution in [0.1, 0.15) is 0 Å². The van der Waals surface area contributed by atoms with Crippen molar-refractivity contribution >= 4 is 5.97 Å². The Morgan fingerprint density at radius 1 is 2.00 bits per heavy atom. The molecule has 1 N–H and O–H groups in total. The number of cyclic esters (lactones) is 1. The van der Waals surface area contributed by atoms with Crippen molar-refractivity contribution in [3.05, 3.63) is 0 Å². The normalized spacial score (nSPS) is 29.5. The minimum absolute atomic E-state index is 0.168. The summed E-state index contributed by atoms with van der Waals surface area (Å²) >= 11 is 0. The smallest absolute Gasteiger partial charge is 0.350 e. The van der Waals surface area contributed by atoms with E-state index < -0.39 is 6.10 Å². The number of hydrogen-bond donors (Lipinski definition) is 1. The van der Waals surface area contributed by atoms with Crippen molar-refractivity contribution in [2.75, 3.05) is 6.61 Å². The van der Waals surface area contributed by atoms with E-state index in [0.29, 0.717) is 0 Å². The lowest BCUT2D eigenvalue weighted by molar-refractivity contribution is -0.117. The van der Waals surface area contributed by atoms with E-state index in [0.717, 1.165) is 0 Å². The first-order valence-electron chi connectivity index (χ1n) is 1.66. The van der Waals surface area contributed by atoms with E-state index in [4.69, 9.17) is 5.11 Å². The summed E-state index contributed by atoms with van der Waals surface area (Å²) in [6.45, 7) is -0.168. The van der Waals surface area contributed by atoms with Crippen LogP contribution in [-0.2, 0) is 9.53 Å². The van der Waals surface area contributed by atoms with Gasteiger partial charge in [-0.2, -0.15) is 0 Å². The van der Waals surface area contributed by atoms with Crippen molar-refractivity contribution in [2.45, 2.75) is 6.10 Å².